The van der Waals surface area contributed by atoms with Gasteiger partial charge >= 0.3 is 5.97 Å². The quantitative estimate of drug-likeness (QED) is 0.280. The van der Waals surface area contributed by atoms with Crippen LogP contribution in [0.25, 0.3) is 0 Å². The maximum absolute atomic E-state index is 12.9. The maximum atomic E-state index is 12.9. The van der Waals surface area contributed by atoms with Gasteiger partial charge in [0, 0.05) is 29.6 Å². The lowest BCUT2D eigenvalue weighted by atomic mass is 10.1. The van der Waals surface area contributed by atoms with E-state index in [9.17, 15) is 19.7 Å². The topological polar surface area (TPSA) is 103 Å². The first-order chi connectivity index (χ1) is 13.0. The first kappa shape index (κ1) is 20.5. The van der Waals surface area contributed by atoms with Gasteiger partial charge in [0.2, 0.25) is 0 Å². The number of ether oxygens (including phenoxy) is 1. The minimum absolute atomic E-state index is 0.128. The molecular formula is C18H21N3O5S. The normalized spacial score (nSPS) is 10.4. The molecule has 2 rings (SSSR count). The molecule has 9 heteroatoms. The minimum atomic E-state index is -0.528. The summed E-state index contributed by atoms with van der Waals surface area (Å²) < 4.78 is 4.65. The summed E-state index contributed by atoms with van der Waals surface area (Å²) in [7, 11) is 1.28. The predicted octanol–water partition coefficient (Wildman–Crippen LogP) is 3.67. The van der Waals surface area contributed by atoms with Gasteiger partial charge in [0.25, 0.3) is 11.6 Å². The van der Waals surface area contributed by atoms with E-state index in [1.54, 1.807) is 16.3 Å². The van der Waals surface area contributed by atoms with E-state index in [4.69, 9.17) is 0 Å². The molecule has 1 heterocycles. The van der Waals surface area contributed by atoms with E-state index in [0.717, 1.165) is 19.3 Å². The SMILES string of the molecule is CCCCCN(Cc1nc(C(=O)OC)cs1)C(=O)c1cccc([N+](=O)[O-])c1. The molecule has 0 spiro atoms. The van der Waals surface area contributed by atoms with Crippen molar-refractivity contribution in [3.05, 3.63) is 56.0 Å². The molecule has 1 aromatic heterocycles. The van der Waals surface area contributed by atoms with Gasteiger partial charge in [0.15, 0.2) is 5.69 Å². The Morgan fingerprint density at radius 1 is 1.33 bits per heavy atom. The molecule has 0 saturated carbocycles. The number of rotatable bonds is 9. The average Bonchev–Trinajstić information content (AvgIpc) is 3.15. The number of hydrogen-bond acceptors (Lipinski definition) is 7. The van der Waals surface area contributed by atoms with Gasteiger partial charge in [0.05, 0.1) is 18.6 Å². The third-order valence-corrected chi connectivity index (χ3v) is 4.73. The smallest absolute Gasteiger partial charge is 0.357 e. The van der Waals surface area contributed by atoms with Crippen molar-refractivity contribution in [3.63, 3.8) is 0 Å². The number of carbonyl (C=O) groups is 2. The highest BCUT2D eigenvalue weighted by atomic mass is 32.1. The summed E-state index contributed by atoms with van der Waals surface area (Å²) in [4.78, 5) is 40.7. The van der Waals surface area contributed by atoms with Crippen LogP contribution in [0.15, 0.2) is 29.6 Å². The van der Waals surface area contributed by atoms with Crippen LogP contribution in [0.3, 0.4) is 0 Å². The summed E-state index contributed by atoms with van der Waals surface area (Å²) >= 11 is 1.27. The number of nitro groups is 1. The molecule has 1 aromatic carbocycles. The highest BCUT2D eigenvalue weighted by molar-refractivity contribution is 7.09. The summed E-state index contributed by atoms with van der Waals surface area (Å²) in [5.41, 5.74) is 0.329. The van der Waals surface area contributed by atoms with Crippen LogP contribution in [-0.2, 0) is 11.3 Å². The van der Waals surface area contributed by atoms with Crippen molar-refractivity contribution in [2.24, 2.45) is 0 Å². The van der Waals surface area contributed by atoms with E-state index in [2.05, 4.69) is 16.6 Å². The fourth-order valence-electron chi connectivity index (χ4n) is 2.49. The highest BCUT2D eigenvalue weighted by Gasteiger charge is 2.20. The van der Waals surface area contributed by atoms with Crippen LogP contribution in [0, 0.1) is 10.1 Å². The second-order valence-corrected chi connectivity index (χ2v) is 6.80. The zero-order valence-corrected chi connectivity index (χ0v) is 16.0. The van der Waals surface area contributed by atoms with Gasteiger partial charge in [-0.05, 0) is 12.5 Å². The lowest BCUT2D eigenvalue weighted by Crippen LogP contribution is -2.31. The molecule has 1 amide bonds. The van der Waals surface area contributed by atoms with E-state index < -0.39 is 10.9 Å². The van der Waals surface area contributed by atoms with E-state index in [0.29, 0.717) is 11.6 Å². The molecule has 0 aliphatic carbocycles. The Bertz CT molecular complexity index is 821. The third-order valence-electron chi connectivity index (χ3n) is 3.90. The summed E-state index contributed by atoms with van der Waals surface area (Å²) in [6, 6.07) is 5.68. The second-order valence-electron chi connectivity index (χ2n) is 5.86. The van der Waals surface area contributed by atoms with E-state index in [-0.39, 0.29) is 29.4 Å². The van der Waals surface area contributed by atoms with Crippen molar-refractivity contribution in [2.75, 3.05) is 13.7 Å². The molecule has 0 N–H and O–H groups in total. The zero-order valence-electron chi connectivity index (χ0n) is 15.2. The van der Waals surface area contributed by atoms with Crippen LogP contribution in [0.2, 0.25) is 0 Å². The van der Waals surface area contributed by atoms with Crippen LogP contribution < -0.4 is 0 Å². The maximum Gasteiger partial charge on any atom is 0.357 e. The number of aromatic nitrogens is 1. The fraction of sp³-hybridized carbons (Fsp3) is 0.389. The average molecular weight is 391 g/mol. The van der Waals surface area contributed by atoms with Crippen LogP contribution in [0.5, 0.6) is 0 Å². The van der Waals surface area contributed by atoms with Crippen LogP contribution in [-0.4, -0.2) is 40.3 Å². The molecule has 0 saturated heterocycles. The van der Waals surface area contributed by atoms with Crippen molar-refractivity contribution in [3.8, 4) is 0 Å². The molecular weight excluding hydrogens is 370 g/mol. The minimum Gasteiger partial charge on any atom is -0.464 e. The van der Waals surface area contributed by atoms with Crippen LogP contribution in [0.4, 0.5) is 5.69 Å². The van der Waals surface area contributed by atoms with Crippen molar-refractivity contribution in [2.45, 2.75) is 32.7 Å². The van der Waals surface area contributed by atoms with Gasteiger partial charge in [0.1, 0.15) is 5.01 Å². The number of methoxy groups -OCH3 is 1. The first-order valence-electron chi connectivity index (χ1n) is 8.52. The van der Waals surface area contributed by atoms with Crippen molar-refractivity contribution < 1.29 is 19.2 Å². The monoisotopic (exact) mass is 391 g/mol. The molecule has 0 aliphatic rings. The molecule has 0 unspecified atom stereocenters. The van der Waals surface area contributed by atoms with Gasteiger partial charge in [-0.2, -0.15) is 0 Å². The summed E-state index contributed by atoms with van der Waals surface area (Å²) in [5.74, 6) is -0.829. The Balaban J connectivity index is 2.21. The van der Waals surface area contributed by atoms with E-state index >= 15 is 0 Å². The Hall–Kier alpha value is -2.81. The van der Waals surface area contributed by atoms with Crippen LogP contribution in [0.1, 0.15) is 52.0 Å². The number of nitrogens with zero attached hydrogens (tertiary/aromatic N) is 3. The molecule has 144 valence electrons. The zero-order chi connectivity index (χ0) is 19.8. The Kier molecular flexibility index (Phi) is 7.42. The summed E-state index contributed by atoms with van der Waals surface area (Å²) in [6.07, 6.45) is 2.78. The number of benzene rings is 1. The summed E-state index contributed by atoms with van der Waals surface area (Å²) in [6.45, 7) is 2.80. The summed E-state index contributed by atoms with van der Waals surface area (Å²) in [5, 5.41) is 13.2. The van der Waals surface area contributed by atoms with Gasteiger partial charge in [-0.3, -0.25) is 14.9 Å². The number of carbonyl (C=O) groups excluding carboxylic acids is 2. The molecule has 2 aromatic rings. The van der Waals surface area contributed by atoms with Crippen molar-refractivity contribution in [1.29, 1.82) is 0 Å². The number of thiazole rings is 1. The molecule has 8 nitrogen and oxygen atoms in total. The highest BCUT2D eigenvalue weighted by Crippen LogP contribution is 2.19. The van der Waals surface area contributed by atoms with E-state index in [1.165, 1.54) is 36.6 Å². The Morgan fingerprint density at radius 2 is 2.11 bits per heavy atom. The van der Waals surface area contributed by atoms with Crippen molar-refractivity contribution >= 4 is 28.9 Å². The second kappa shape index (κ2) is 9.77. The van der Waals surface area contributed by atoms with E-state index in [1.807, 2.05) is 0 Å². The molecule has 27 heavy (non-hydrogen) atoms. The Labute approximate surface area is 160 Å². The van der Waals surface area contributed by atoms with Gasteiger partial charge in [-0.15, -0.1) is 11.3 Å². The molecule has 0 atom stereocenters. The fourth-order valence-corrected chi connectivity index (χ4v) is 3.26. The van der Waals surface area contributed by atoms with Gasteiger partial charge in [-0.1, -0.05) is 25.8 Å². The lowest BCUT2D eigenvalue weighted by molar-refractivity contribution is -0.384. The van der Waals surface area contributed by atoms with Crippen molar-refractivity contribution in [1.82, 2.24) is 9.88 Å². The number of non-ortho nitro benzene ring substituents is 1. The lowest BCUT2D eigenvalue weighted by Gasteiger charge is -2.21. The Morgan fingerprint density at radius 3 is 2.78 bits per heavy atom. The van der Waals surface area contributed by atoms with Gasteiger partial charge < -0.3 is 9.64 Å². The number of nitro benzene ring substituents is 1. The molecule has 0 radical (unpaired) electrons. The number of esters is 1. The third kappa shape index (κ3) is 5.58. The largest absolute Gasteiger partial charge is 0.464 e. The number of amides is 1. The number of hydrogen-bond donors (Lipinski definition) is 0. The molecule has 0 fully saturated rings. The predicted molar refractivity (Wildman–Crippen MR) is 101 cm³/mol. The first-order valence-corrected chi connectivity index (χ1v) is 9.40. The molecule has 0 aliphatic heterocycles. The number of unbranched alkanes of at least 4 members (excludes halogenated alkanes) is 2. The van der Waals surface area contributed by atoms with Crippen LogP contribution >= 0.6 is 11.3 Å². The standard InChI is InChI=1S/C18H21N3O5S/c1-3-4-5-9-20(11-16-19-15(12-27-16)18(23)26-2)17(22)13-7-6-8-14(10-13)21(24)25/h6-8,10,12H,3-5,9,11H2,1-2H3. The molecule has 0 bridgehead atoms. The van der Waals surface area contributed by atoms with Gasteiger partial charge in [-0.25, -0.2) is 9.78 Å².